The van der Waals surface area contributed by atoms with Crippen molar-refractivity contribution in [2.45, 2.75) is 32.2 Å². The summed E-state index contributed by atoms with van der Waals surface area (Å²) >= 11 is 5.88. The van der Waals surface area contributed by atoms with Crippen LogP contribution in [0.4, 0.5) is 4.39 Å². The zero-order valence-corrected chi connectivity index (χ0v) is 16.0. The Labute approximate surface area is 157 Å². The van der Waals surface area contributed by atoms with Crippen LogP contribution in [-0.4, -0.2) is 20.4 Å². The minimum absolute atomic E-state index is 0.0134. The summed E-state index contributed by atoms with van der Waals surface area (Å²) < 4.78 is 40.6. The molecule has 0 saturated heterocycles. The first-order valence-corrected chi connectivity index (χ1v) is 10.0. The van der Waals surface area contributed by atoms with Crippen molar-refractivity contribution < 1.29 is 17.6 Å². The van der Waals surface area contributed by atoms with Crippen molar-refractivity contribution in [3.05, 3.63) is 70.0 Å². The molecule has 0 aliphatic heterocycles. The number of sulfonamides is 1. The molecule has 0 aliphatic carbocycles. The first-order chi connectivity index (χ1) is 12.2. The van der Waals surface area contributed by atoms with Crippen LogP contribution in [0.3, 0.4) is 0 Å². The van der Waals surface area contributed by atoms with E-state index in [0.29, 0.717) is 11.1 Å². The Morgan fingerprint density at radius 2 is 1.77 bits per heavy atom. The van der Waals surface area contributed by atoms with Gasteiger partial charge in [0, 0.05) is 12.6 Å². The summed E-state index contributed by atoms with van der Waals surface area (Å²) in [6.45, 7) is 3.53. The summed E-state index contributed by atoms with van der Waals surface area (Å²) in [4.78, 5) is 12.2. The van der Waals surface area contributed by atoms with Crippen LogP contribution in [-0.2, 0) is 22.3 Å². The lowest BCUT2D eigenvalue weighted by atomic mass is 10.1. The molecule has 140 valence electrons. The fourth-order valence-corrected chi connectivity index (χ4v) is 4.20. The van der Waals surface area contributed by atoms with Gasteiger partial charge in [0.1, 0.15) is 5.82 Å². The van der Waals surface area contributed by atoms with Crippen molar-refractivity contribution >= 4 is 27.5 Å². The monoisotopic (exact) mass is 398 g/mol. The van der Waals surface area contributed by atoms with E-state index in [-0.39, 0.29) is 28.9 Å². The summed E-state index contributed by atoms with van der Waals surface area (Å²) in [6, 6.07) is 10.6. The van der Waals surface area contributed by atoms with Gasteiger partial charge in [-0.05, 0) is 37.1 Å². The molecule has 0 spiro atoms. The van der Waals surface area contributed by atoms with Gasteiger partial charge >= 0.3 is 0 Å². The zero-order valence-electron chi connectivity index (χ0n) is 14.4. The molecule has 2 N–H and O–H groups in total. The lowest BCUT2D eigenvalue weighted by molar-refractivity contribution is 0.0947. The third-order valence-corrected chi connectivity index (χ3v) is 5.34. The van der Waals surface area contributed by atoms with E-state index in [4.69, 9.17) is 11.6 Å². The van der Waals surface area contributed by atoms with E-state index >= 15 is 0 Å². The van der Waals surface area contributed by atoms with Gasteiger partial charge in [0.2, 0.25) is 10.0 Å². The van der Waals surface area contributed by atoms with Crippen molar-refractivity contribution in [1.82, 2.24) is 10.0 Å². The highest BCUT2D eigenvalue weighted by Crippen LogP contribution is 2.19. The number of hydrogen-bond donors (Lipinski definition) is 2. The molecule has 1 amide bonds. The van der Waals surface area contributed by atoms with E-state index in [1.807, 2.05) is 0 Å². The summed E-state index contributed by atoms with van der Waals surface area (Å²) in [5, 5.41) is 2.60. The van der Waals surface area contributed by atoms with Gasteiger partial charge in [-0.25, -0.2) is 17.5 Å². The second-order valence-electron chi connectivity index (χ2n) is 6.08. The fourth-order valence-electron chi connectivity index (χ4n) is 2.45. The van der Waals surface area contributed by atoms with Crippen LogP contribution in [0.1, 0.15) is 35.3 Å². The smallest absolute Gasteiger partial charge is 0.256 e. The van der Waals surface area contributed by atoms with Gasteiger partial charge in [-0.15, -0.1) is 0 Å². The number of amides is 1. The molecule has 2 aromatic rings. The number of carbonyl (C=O) groups is 1. The Bertz CT molecular complexity index is 881. The molecular weight excluding hydrogens is 379 g/mol. The van der Waals surface area contributed by atoms with E-state index in [0.717, 1.165) is 6.07 Å². The molecule has 0 aliphatic rings. The SMILES string of the molecule is CC(C)NS(=O)(=O)Cc1ccccc1CNC(=O)c1c(F)cccc1Cl. The first kappa shape index (κ1) is 20.4. The number of rotatable bonds is 7. The van der Waals surface area contributed by atoms with Crippen LogP contribution in [0, 0.1) is 5.82 Å². The van der Waals surface area contributed by atoms with Crippen LogP contribution in [0.25, 0.3) is 0 Å². The molecular formula is C18H20ClFN2O3S. The third kappa shape index (κ3) is 5.52. The molecule has 0 radical (unpaired) electrons. The van der Waals surface area contributed by atoms with E-state index in [9.17, 15) is 17.6 Å². The van der Waals surface area contributed by atoms with Gasteiger partial charge in [0.05, 0.1) is 16.3 Å². The zero-order chi connectivity index (χ0) is 19.3. The molecule has 0 saturated carbocycles. The van der Waals surface area contributed by atoms with E-state index in [2.05, 4.69) is 10.0 Å². The van der Waals surface area contributed by atoms with Crippen LogP contribution >= 0.6 is 11.6 Å². The highest BCUT2D eigenvalue weighted by molar-refractivity contribution is 7.88. The summed E-state index contributed by atoms with van der Waals surface area (Å²) in [6.07, 6.45) is 0. The molecule has 5 nitrogen and oxygen atoms in total. The largest absolute Gasteiger partial charge is 0.348 e. The van der Waals surface area contributed by atoms with Gasteiger partial charge in [0.15, 0.2) is 0 Å². The maximum atomic E-state index is 13.8. The number of carbonyl (C=O) groups excluding carboxylic acids is 1. The maximum Gasteiger partial charge on any atom is 0.256 e. The van der Waals surface area contributed by atoms with Crippen molar-refractivity contribution in [2.75, 3.05) is 0 Å². The van der Waals surface area contributed by atoms with E-state index in [1.54, 1.807) is 38.1 Å². The van der Waals surface area contributed by atoms with Gasteiger partial charge in [-0.1, -0.05) is 41.9 Å². The normalized spacial score (nSPS) is 11.6. The number of nitrogens with one attached hydrogen (secondary N) is 2. The highest BCUT2D eigenvalue weighted by Gasteiger charge is 2.18. The average molecular weight is 399 g/mol. The lowest BCUT2D eigenvalue weighted by Crippen LogP contribution is -2.32. The van der Waals surface area contributed by atoms with Crippen LogP contribution < -0.4 is 10.0 Å². The standard InChI is InChI=1S/C18H20ClFN2O3S/c1-12(2)22-26(24,25)11-14-7-4-3-6-13(14)10-21-18(23)17-15(19)8-5-9-16(17)20/h3-9,12,22H,10-11H2,1-2H3,(H,21,23). The molecule has 26 heavy (non-hydrogen) atoms. The number of hydrogen-bond acceptors (Lipinski definition) is 3. The molecule has 2 rings (SSSR count). The molecule has 0 atom stereocenters. The number of halogens is 2. The van der Waals surface area contributed by atoms with Gasteiger partial charge in [0.25, 0.3) is 5.91 Å². The molecule has 0 fully saturated rings. The van der Waals surface area contributed by atoms with E-state index in [1.165, 1.54) is 12.1 Å². The minimum atomic E-state index is -3.50. The van der Waals surface area contributed by atoms with Crippen LogP contribution in [0.5, 0.6) is 0 Å². The lowest BCUT2D eigenvalue weighted by Gasteiger charge is -2.13. The van der Waals surface area contributed by atoms with Crippen molar-refractivity contribution in [3.63, 3.8) is 0 Å². The van der Waals surface area contributed by atoms with Crippen molar-refractivity contribution in [3.8, 4) is 0 Å². The third-order valence-electron chi connectivity index (χ3n) is 3.51. The Kier molecular flexibility index (Phi) is 6.75. The molecule has 8 heteroatoms. The molecule has 0 aromatic heterocycles. The summed E-state index contributed by atoms with van der Waals surface area (Å²) in [7, 11) is -3.50. The van der Waals surface area contributed by atoms with E-state index < -0.39 is 21.7 Å². The van der Waals surface area contributed by atoms with Crippen molar-refractivity contribution in [1.29, 1.82) is 0 Å². The minimum Gasteiger partial charge on any atom is -0.348 e. The Morgan fingerprint density at radius 3 is 2.38 bits per heavy atom. The topological polar surface area (TPSA) is 75.3 Å². The molecule has 0 unspecified atom stereocenters. The van der Waals surface area contributed by atoms with Gasteiger partial charge < -0.3 is 5.32 Å². The predicted octanol–water partition coefficient (Wildman–Crippen LogP) is 3.24. The first-order valence-electron chi connectivity index (χ1n) is 7.98. The highest BCUT2D eigenvalue weighted by atomic mass is 35.5. The average Bonchev–Trinajstić information content (AvgIpc) is 2.52. The molecule has 0 bridgehead atoms. The predicted molar refractivity (Wildman–Crippen MR) is 99.9 cm³/mol. The Morgan fingerprint density at radius 1 is 1.12 bits per heavy atom. The number of benzene rings is 2. The van der Waals surface area contributed by atoms with Gasteiger partial charge in [-0.3, -0.25) is 4.79 Å². The quantitative estimate of drug-likeness (QED) is 0.751. The Balaban J connectivity index is 2.15. The molecule has 2 aromatic carbocycles. The van der Waals surface area contributed by atoms with Crippen molar-refractivity contribution in [2.24, 2.45) is 0 Å². The summed E-state index contributed by atoms with van der Waals surface area (Å²) in [5.74, 6) is -1.59. The fraction of sp³-hybridized carbons (Fsp3) is 0.278. The summed E-state index contributed by atoms with van der Waals surface area (Å²) in [5.41, 5.74) is 0.948. The van der Waals surface area contributed by atoms with Gasteiger partial charge in [-0.2, -0.15) is 0 Å². The Hall–Kier alpha value is -1.96. The second kappa shape index (κ2) is 8.62. The van der Waals surface area contributed by atoms with Crippen LogP contribution in [0.2, 0.25) is 5.02 Å². The van der Waals surface area contributed by atoms with Crippen LogP contribution in [0.15, 0.2) is 42.5 Å². The second-order valence-corrected chi connectivity index (χ2v) is 8.24. The maximum absolute atomic E-state index is 13.8. The molecule has 0 heterocycles.